The molecule has 2 heteroatoms. The molecule has 0 aromatic rings. The van der Waals surface area contributed by atoms with Crippen molar-refractivity contribution >= 4 is 5.71 Å². The van der Waals surface area contributed by atoms with E-state index in [0.29, 0.717) is 5.92 Å². The van der Waals surface area contributed by atoms with Gasteiger partial charge in [0.25, 0.3) is 0 Å². The highest BCUT2D eigenvalue weighted by Gasteiger charge is 2.30. The van der Waals surface area contributed by atoms with Crippen LogP contribution in [-0.4, -0.2) is 18.0 Å². The van der Waals surface area contributed by atoms with Crippen LogP contribution in [-0.2, 0) is 4.74 Å². The maximum atomic E-state index is 5.65. The number of hydrogen-bond donors (Lipinski definition) is 0. The Morgan fingerprint density at radius 2 is 2.25 bits per heavy atom. The van der Waals surface area contributed by atoms with E-state index in [9.17, 15) is 0 Å². The Balaban J connectivity index is 2.56. The number of nitrogens with zero attached hydrogens (tertiary/aromatic N) is 1. The second-order valence-corrected chi connectivity index (χ2v) is 4.09. The molecule has 1 unspecified atom stereocenters. The summed E-state index contributed by atoms with van der Waals surface area (Å²) in [6.07, 6.45) is 2.05. The molecule has 0 saturated heterocycles. The van der Waals surface area contributed by atoms with Gasteiger partial charge in [-0.2, -0.15) is 0 Å². The fourth-order valence-corrected chi connectivity index (χ4v) is 1.68. The third-order valence-electron chi connectivity index (χ3n) is 2.14. The summed E-state index contributed by atoms with van der Waals surface area (Å²) in [5, 5.41) is 0. The Morgan fingerprint density at radius 1 is 1.58 bits per heavy atom. The summed E-state index contributed by atoms with van der Waals surface area (Å²) < 4.78 is 5.65. The molecule has 0 saturated carbocycles. The van der Waals surface area contributed by atoms with Crippen LogP contribution in [0.5, 0.6) is 0 Å². The summed E-state index contributed by atoms with van der Waals surface area (Å²) in [4.78, 5) is 4.57. The maximum Gasteiger partial charge on any atom is 0.156 e. The van der Waals surface area contributed by atoms with E-state index in [-0.39, 0.29) is 5.72 Å². The molecule has 1 aliphatic heterocycles. The molecule has 1 rings (SSSR count). The van der Waals surface area contributed by atoms with Crippen LogP contribution in [0.25, 0.3) is 0 Å². The molecule has 70 valence electrons. The van der Waals surface area contributed by atoms with Crippen molar-refractivity contribution in [2.45, 2.75) is 46.3 Å². The zero-order valence-corrected chi connectivity index (χ0v) is 8.55. The molecule has 0 aromatic heterocycles. The van der Waals surface area contributed by atoms with E-state index in [0.717, 1.165) is 19.4 Å². The normalized spacial score (nSPS) is 29.6. The van der Waals surface area contributed by atoms with Gasteiger partial charge in [-0.25, -0.2) is 0 Å². The minimum Gasteiger partial charge on any atom is -0.348 e. The average molecular weight is 169 g/mol. The quantitative estimate of drug-likeness (QED) is 0.636. The Morgan fingerprint density at radius 3 is 2.67 bits per heavy atom. The van der Waals surface area contributed by atoms with Gasteiger partial charge in [0, 0.05) is 5.71 Å². The van der Waals surface area contributed by atoms with Crippen molar-refractivity contribution in [1.29, 1.82) is 0 Å². The summed E-state index contributed by atoms with van der Waals surface area (Å²) in [5.41, 5.74) is 0.984. The summed E-state index contributed by atoms with van der Waals surface area (Å²) in [6.45, 7) is 9.35. The molecule has 0 bridgehead atoms. The Bertz CT molecular complexity index is 186. The standard InChI is InChI=1S/C10H19NO/c1-5-9-7-12-10(4,11-9)6-8(2)3/h8H,5-7H2,1-4H3. The summed E-state index contributed by atoms with van der Waals surface area (Å²) >= 11 is 0. The van der Waals surface area contributed by atoms with E-state index >= 15 is 0 Å². The highest BCUT2D eigenvalue weighted by Crippen LogP contribution is 2.27. The van der Waals surface area contributed by atoms with Crippen LogP contribution in [0, 0.1) is 5.92 Å². The fourth-order valence-electron chi connectivity index (χ4n) is 1.68. The zero-order valence-electron chi connectivity index (χ0n) is 8.55. The lowest BCUT2D eigenvalue weighted by Gasteiger charge is -2.22. The lowest BCUT2D eigenvalue weighted by molar-refractivity contribution is -0.000432. The molecule has 0 fully saturated rings. The first-order chi connectivity index (χ1) is 5.56. The molecule has 1 aliphatic rings. The van der Waals surface area contributed by atoms with Crippen molar-refractivity contribution in [1.82, 2.24) is 0 Å². The van der Waals surface area contributed by atoms with Gasteiger partial charge in [-0.3, -0.25) is 4.99 Å². The first-order valence-electron chi connectivity index (χ1n) is 4.77. The van der Waals surface area contributed by atoms with Crippen LogP contribution in [0.3, 0.4) is 0 Å². The summed E-state index contributed by atoms with van der Waals surface area (Å²) in [6, 6.07) is 0. The molecule has 0 radical (unpaired) electrons. The molecule has 12 heavy (non-hydrogen) atoms. The van der Waals surface area contributed by atoms with Crippen LogP contribution in [0.2, 0.25) is 0 Å². The predicted octanol–water partition coefficient (Wildman–Crippen LogP) is 2.63. The van der Waals surface area contributed by atoms with Gasteiger partial charge in [-0.1, -0.05) is 20.8 Å². The maximum absolute atomic E-state index is 5.65. The lowest BCUT2D eigenvalue weighted by atomic mass is 10.0. The topological polar surface area (TPSA) is 21.6 Å². The van der Waals surface area contributed by atoms with E-state index in [1.165, 1.54) is 5.71 Å². The van der Waals surface area contributed by atoms with E-state index in [1.807, 2.05) is 0 Å². The predicted molar refractivity (Wildman–Crippen MR) is 51.5 cm³/mol. The third-order valence-corrected chi connectivity index (χ3v) is 2.14. The summed E-state index contributed by atoms with van der Waals surface area (Å²) in [7, 11) is 0. The van der Waals surface area contributed by atoms with Gasteiger partial charge in [-0.15, -0.1) is 0 Å². The lowest BCUT2D eigenvalue weighted by Crippen LogP contribution is -2.23. The van der Waals surface area contributed by atoms with Gasteiger partial charge >= 0.3 is 0 Å². The van der Waals surface area contributed by atoms with Crippen molar-refractivity contribution in [3.63, 3.8) is 0 Å². The van der Waals surface area contributed by atoms with Gasteiger partial charge in [0.05, 0.1) is 6.61 Å². The minimum atomic E-state index is -0.223. The van der Waals surface area contributed by atoms with E-state index in [2.05, 4.69) is 32.7 Å². The molecule has 0 N–H and O–H groups in total. The zero-order chi connectivity index (χ0) is 9.19. The molecular formula is C10H19NO. The molecule has 1 atom stereocenters. The highest BCUT2D eigenvalue weighted by atomic mass is 16.5. The molecule has 0 aromatic carbocycles. The molecule has 0 spiro atoms. The fraction of sp³-hybridized carbons (Fsp3) is 0.900. The second kappa shape index (κ2) is 3.56. The SMILES string of the molecule is CCC1=NC(C)(CC(C)C)OC1. The second-order valence-electron chi connectivity index (χ2n) is 4.09. The van der Waals surface area contributed by atoms with Crippen LogP contribution in [0.4, 0.5) is 0 Å². The van der Waals surface area contributed by atoms with Crippen molar-refractivity contribution in [2.24, 2.45) is 10.9 Å². The molecule has 0 amide bonds. The average Bonchev–Trinajstić information content (AvgIpc) is 2.30. The number of rotatable bonds is 3. The van der Waals surface area contributed by atoms with Gasteiger partial charge in [0.2, 0.25) is 0 Å². The van der Waals surface area contributed by atoms with Crippen LogP contribution in [0.1, 0.15) is 40.5 Å². The Kier molecular flexibility index (Phi) is 2.89. The van der Waals surface area contributed by atoms with Crippen molar-refractivity contribution in [3.8, 4) is 0 Å². The first-order valence-corrected chi connectivity index (χ1v) is 4.77. The van der Waals surface area contributed by atoms with Gasteiger partial charge in [0.15, 0.2) is 5.72 Å². The smallest absolute Gasteiger partial charge is 0.156 e. The van der Waals surface area contributed by atoms with Crippen LogP contribution < -0.4 is 0 Å². The Hall–Kier alpha value is -0.370. The molecular weight excluding hydrogens is 150 g/mol. The van der Waals surface area contributed by atoms with E-state index < -0.39 is 0 Å². The van der Waals surface area contributed by atoms with E-state index in [1.54, 1.807) is 0 Å². The van der Waals surface area contributed by atoms with Crippen molar-refractivity contribution < 1.29 is 4.74 Å². The number of aliphatic imine (C=N–C) groups is 1. The van der Waals surface area contributed by atoms with Gasteiger partial charge < -0.3 is 4.74 Å². The largest absolute Gasteiger partial charge is 0.348 e. The van der Waals surface area contributed by atoms with Crippen molar-refractivity contribution in [3.05, 3.63) is 0 Å². The van der Waals surface area contributed by atoms with Gasteiger partial charge in [0.1, 0.15) is 0 Å². The number of ether oxygens (including phenoxy) is 1. The Labute approximate surface area is 75.0 Å². The van der Waals surface area contributed by atoms with Crippen LogP contribution >= 0.6 is 0 Å². The third kappa shape index (κ3) is 2.31. The van der Waals surface area contributed by atoms with Gasteiger partial charge in [-0.05, 0) is 25.7 Å². The van der Waals surface area contributed by atoms with E-state index in [4.69, 9.17) is 4.74 Å². The summed E-state index contributed by atoms with van der Waals surface area (Å²) in [5.74, 6) is 0.648. The van der Waals surface area contributed by atoms with Crippen LogP contribution in [0.15, 0.2) is 4.99 Å². The monoisotopic (exact) mass is 169 g/mol. The number of hydrogen-bond acceptors (Lipinski definition) is 2. The highest BCUT2D eigenvalue weighted by molar-refractivity contribution is 5.86. The minimum absolute atomic E-state index is 0.223. The molecule has 1 heterocycles. The van der Waals surface area contributed by atoms with Crippen molar-refractivity contribution in [2.75, 3.05) is 6.61 Å². The molecule has 2 nitrogen and oxygen atoms in total. The molecule has 0 aliphatic carbocycles. The first kappa shape index (κ1) is 9.72.